The Bertz CT molecular complexity index is 1150. The second-order valence-electron chi connectivity index (χ2n) is 11.2. The van der Waals surface area contributed by atoms with E-state index in [2.05, 4.69) is 48.7 Å². The van der Waals surface area contributed by atoms with Crippen LogP contribution in [0.3, 0.4) is 0 Å². The summed E-state index contributed by atoms with van der Waals surface area (Å²) in [6.07, 6.45) is 5.12. The van der Waals surface area contributed by atoms with Gasteiger partial charge in [-0.25, -0.2) is 9.97 Å². The highest BCUT2D eigenvalue weighted by atomic mass is 16.5. The first-order valence-corrected chi connectivity index (χ1v) is 14.8. The van der Waals surface area contributed by atoms with Crippen molar-refractivity contribution in [3.05, 3.63) is 29.6 Å². The van der Waals surface area contributed by atoms with E-state index in [1.807, 2.05) is 19.1 Å². The quantitative estimate of drug-likeness (QED) is 0.369. The van der Waals surface area contributed by atoms with Crippen molar-refractivity contribution < 1.29 is 9.53 Å². The molecule has 3 aliphatic heterocycles. The number of piperidine rings is 2. The first kappa shape index (κ1) is 28.4. The summed E-state index contributed by atoms with van der Waals surface area (Å²) in [5, 5.41) is 10.3. The largest absolute Gasteiger partial charge is 0.495 e. The third kappa shape index (κ3) is 6.59. The molecule has 1 aromatic carbocycles. The van der Waals surface area contributed by atoms with Crippen LogP contribution in [0.1, 0.15) is 48.8 Å². The molecular formula is C29H45N9O2. The number of nitrogens with two attached hydrogens (primary N) is 1. The highest BCUT2D eigenvalue weighted by Crippen LogP contribution is 2.35. The lowest BCUT2D eigenvalue weighted by molar-refractivity contribution is 0.0981. The third-order valence-electron chi connectivity index (χ3n) is 8.48. The Morgan fingerprint density at radius 2 is 1.88 bits per heavy atom. The summed E-state index contributed by atoms with van der Waals surface area (Å²) >= 11 is 0. The van der Waals surface area contributed by atoms with Gasteiger partial charge in [-0.1, -0.05) is 6.92 Å². The summed E-state index contributed by atoms with van der Waals surface area (Å²) in [5.41, 5.74) is 8.44. The standard InChI is InChI=1S/C29H45N9O2/c1-4-23-28(33-21-6-5-11-31-19-21)35-29(26(34-23)27(30)39)32-20-7-8-24(25(18-20)40-3)38-12-9-22(10-13-38)37-16-14-36(2)15-17-37/h7-8,18,21-22,31H,4-6,9-17,19H2,1-3H3,(H2,30,39)(H2,32,33,35)/t21-/m1/s1. The number of nitrogens with one attached hydrogen (secondary N) is 3. The van der Waals surface area contributed by atoms with E-state index in [0.29, 0.717) is 24.1 Å². The van der Waals surface area contributed by atoms with Gasteiger partial charge in [-0.15, -0.1) is 0 Å². The molecule has 1 amide bonds. The number of aromatic nitrogens is 2. The molecule has 11 heteroatoms. The normalized spacial score (nSPS) is 21.3. The fourth-order valence-electron chi connectivity index (χ4n) is 6.07. The number of piperazine rings is 1. The lowest BCUT2D eigenvalue weighted by Crippen LogP contribution is -2.52. The van der Waals surface area contributed by atoms with Crippen molar-refractivity contribution in [1.82, 2.24) is 25.1 Å². The number of carbonyl (C=O) groups excluding carboxylic acids is 1. The summed E-state index contributed by atoms with van der Waals surface area (Å²) in [7, 11) is 3.90. The summed E-state index contributed by atoms with van der Waals surface area (Å²) in [6, 6.07) is 6.96. The lowest BCUT2D eigenvalue weighted by atomic mass is 10.0. The summed E-state index contributed by atoms with van der Waals surface area (Å²) in [5.74, 6) is 1.21. The number of aryl methyl sites for hydroxylation is 1. The Kier molecular flexibility index (Phi) is 9.23. The molecule has 4 heterocycles. The first-order chi connectivity index (χ1) is 19.4. The minimum absolute atomic E-state index is 0.137. The van der Waals surface area contributed by atoms with Gasteiger partial charge in [0, 0.05) is 69.7 Å². The highest BCUT2D eigenvalue weighted by Gasteiger charge is 2.28. The van der Waals surface area contributed by atoms with E-state index in [1.165, 1.54) is 0 Å². The van der Waals surface area contributed by atoms with Crippen molar-refractivity contribution in [2.75, 3.05) is 82.0 Å². The maximum Gasteiger partial charge on any atom is 0.271 e. The van der Waals surface area contributed by atoms with E-state index in [9.17, 15) is 4.79 Å². The molecule has 0 saturated carbocycles. The Morgan fingerprint density at radius 1 is 1.10 bits per heavy atom. The predicted molar refractivity (Wildman–Crippen MR) is 160 cm³/mol. The Hall–Kier alpha value is -3.15. The van der Waals surface area contributed by atoms with E-state index < -0.39 is 5.91 Å². The zero-order valence-corrected chi connectivity index (χ0v) is 24.2. The summed E-state index contributed by atoms with van der Waals surface area (Å²) in [4.78, 5) is 29.2. The molecule has 40 heavy (non-hydrogen) atoms. The maximum atomic E-state index is 12.3. The van der Waals surface area contributed by atoms with Crippen LogP contribution in [0.5, 0.6) is 5.75 Å². The van der Waals surface area contributed by atoms with E-state index in [-0.39, 0.29) is 11.7 Å². The molecule has 3 saturated heterocycles. The van der Waals surface area contributed by atoms with Crippen LogP contribution < -0.4 is 31.3 Å². The van der Waals surface area contributed by atoms with Crippen LogP contribution in [0.2, 0.25) is 0 Å². The molecular weight excluding hydrogens is 506 g/mol. The van der Waals surface area contributed by atoms with Gasteiger partial charge in [-0.05, 0) is 57.8 Å². The van der Waals surface area contributed by atoms with Gasteiger partial charge in [-0.3, -0.25) is 9.69 Å². The third-order valence-corrected chi connectivity index (χ3v) is 8.48. The van der Waals surface area contributed by atoms with Crippen molar-refractivity contribution in [1.29, 1.82) is 0 Å². The highest BCUT2D eigenvalue weighted by molar-refractivity contribution is 5.96. The lowest BCUT2D eigenvalue weighted by Gasteiger charge is -2.42. The molecule has 2 aromatic rings. The number of hydrogen-bond donors (Lipinski definition) is 4. The zero-order chi connectivity index (χ0) is 28.1. The van der Waals surface area contributed by atoms with E-state index in [0.717, 1.165) is 101 Å². The van der Waals surface area contributed by atoms with Crippen LogP contribution >= 0.6 is 0 Å². The number of nitrogens with zero attached hydrogens (tertiary/aromatic N) is 5. The molecule has 11 nitrogen and oxygen atoms in total. The van der Waals surface area contributed by atoms with Gasteiger partial charge >= 0.3 is 0 Å². The minimum Gasteiger partial charge on any atom is -0.495 e. The van der Waals surface area contributed by atoms with Crippen LogP contribution in [-0.4, -0.2) is 104 Å². The topological polar surface area (TPSA) is 124 Å². The number of rotatable bonds is 9. The molecule has 3 aliphatic rings. The van der Waals surface area contributed by atoms with Crippen molar-refractivity contribution in [2.45, 2.75) is 51.1 Å². The van der Waals surface area contributed by atoms with E-state index in [1.54, 1.807) is 7.11 Å². The van der Waals surface area contributed by atoms with E-state index >= 15 is 0 Å². The van der Waals surface area contributed by atoms with Gasteiger partial charge in [0.05, 0.1) is 18.5 Å². The maximum absolute atomic E-state index is 12.3. The smallest absolute Gasteiger partial charge is 0.271 e. The number of hydrogen-bond acceptors (Lipinski definition) is 10. The molecule has 0 spiro atoms. The Labute approximate surface area is 237 Å². The average Bonchev–Trinajstić information content (AvgIpc) is 2.98. The molecule has 0 unspecified atom stereocenters. The molecule has 218 valence electrons. The van der Waals surface area contributed by atoms with Crippen molar-refractivity contribution in [2.24, 2.45) is 5.73 Å². The SMILES string of the molecule is CCc1nc(C(N)=O)c(Nc2ccc(N3CCC(N4CCN(C)CC4)CC3)c(OC)c2)nc1N[C@@H]1CCCNC1. The van der Waals surface area contributed by atoms with Crippen LogP contribution in [-0.2, 0) is 6.42 Å². The fraction of sp³-hybridized carbons (Fsp3) is 0.621. The number of ether oxygens (including phenoxy) is 1. The minimum atomic E-state index is -0.609. The van der Waals surface area contributed by atoms with Crippen LogP contribution in [0.25, 0.3) is 0 Å². The van der Waals surface area contributed by atoms with Gasteiger partial charge in [0.2, 0.25) is 0 Å². The molecule has 5 rings (SSSR count). The van der Waals surface area contributed by atoms with E-state index in [4.69, 9.17) is 15.5 Å². The second-order valence-corrected chi connectivity index (χ2v) is 11.2. The number of benzene rings is 1. The molecule has 5 N–H and O–H groups in total. The number of anilines is 4. The molecule has 1 atom stereocenters. The summed E-state index contributed by atoms with van der Waals surface area (Å²) < 4.78 is 5.83. The number of amides is 1. The van der Waals surface area contributed by atoms with Gasteiger partial charge in [0.1, 0.15) is 5.75 Å². The Morgan fingerprint density at radius 3 is 2.52 bits per heavy atom. The van der Waals surface area contributed by atoms with Gasteiger partial charge in [0.25, 0.3) is 5.91 Å². The number of carbonyl (C=O) groups is 1. The number of methoxy groups -OCH3 is 1. The molecule has 1 aromatic heterocycles. The zero-order valence-electron chi connectivity index (χ0n) is 24.2. The van der Waals surface area contributed by atoms with Gasteiger partial charge < -0.3 is 36.2 Å². The molecule has 0 radical (unpaired) electrons. The fourth-order valence-corrected chi connectivity index (χ4v) is 6.07. The van der Waals surface area contributed by atoms with Crippen LogP contribution in [0.15, 0.2) is 18.2 Å². The number of likely N-dealkylation sites (N-methyl/N-ethyl adjacent to an activating group) is 1. The van der Waals surface area contributed by atoms with Crippen LogP contribution in [0, 0.1) is 0 Å². The van der Waals surface area contributed by atoms with Gasteiger partial charge in [-0.2, -0.15) is 0 Å². The monoisotopic (exact) mass is 551 g/mol. The number of primary amides is 1. The van der Waals surface area contributed by atoms with Gasteiger partial charge in [0.15, 0.2) is 17.3 Å². The molecule has 0 bridgehead atoms. The molecule has 0 aliphatic carbocycles. The Balaban J connectivity index is 1.31. The van der Waals surface area contributed by atoms with Crippen molar-refractivity contribution in [3.63, 3.8) is 0 Å². The first-order valence-electron chi connectivity index (χ1n) is 14.8. The summed E-state index contributed by atoms with van der Waals surface area (Å²) in [6.45, 7) is 10.5. The average molecular weight is 552 g/mol. The predicted octanol–water partition coefficient (Wildman–Crippen LogP) is 2.27. The van der Waals surface area contributed by atoms with Crippen molar-refractivity contribution >= 4 is 28.9 Å². The van der Waals surface area contributed by atoms with Crippen LogP contribution in [0.4, 0.5) is 23.0 Å². The second kappa shape index (κ2) is 13.0. The molecule has 3 fully saturated rings. The van der Waals surface area contributed by atoms with Crippen molar-refractivity contribution in [3.8, 4) is 5.75 Å².